The highest BCUT2D eigenvalue weighted by atomic mass is 19.1. The number of carbonyl (C=O) groups is 1. The van der Waals surface area contributed by atoms with Crippen LogP contribution in [0, 0.1) is 5.82 Å². The summed E-state index contributed by atoms with van der Waals surface area (Å²) in [7, 11) is 1.82. The van der Waals surface area contributed by atoms with E-state index in [9.17, 15) is 9.18 Å². The summed E-state index contributed by atoms with van der Waals surface area (Å²) in [6, 6.07) is 6.47. The average Bonchev–Trinajstić information content (AvgIpc) is 2.69. The fourth-order valence-electron chi connectivity index (χ4n) is 2.36. The number of likely N-dealkylation sites (N-methyl/N-ethyl adjacent to an activating group) is 1. The summed E-state index contributed by atoms with van der Waals surface area (Å²) in [5.41, 5.74) is 1.03. The number of hydrogen-bond acceptors (Lipinski definition) is 2. The molecule has 0 saturated carbocycles. The first-order valence-corrected chi connectivity index (χ1v) is 6.38. The molecular formula is C14H19FN2O. The number of likely N-dealkylation sites (tertiary alicyclic amines) is 1. The van der Waals surface area contributed by atoms with Gasteiger partial charge in [-0.2, -0.15) is 0 Å². The minimum absolute atomic E-state index is 0.103. The highest BCUT2D eigenvalue weighted by molar-refractivity contribution is 5.83. The molecule has 0 bridgehead atoms. The van der Waals surface area contributed by atoms with Crippen LogP contribution >= 0.6 is 0 Å². The summed E-state index contributed by atoms with van der Waals surface area (Å²) >= 11 is 0. The van der Waals surface area contributed by atoms with E-state index in [2.05, 4.69) is 12.2 Å². The van der Waals surface area contributed by atoms with Crippen LogP contribution in [0.15, 0.2) is 24.3 Å². The van der Waals surface area contributed by atoms with E-state index in [4.69, 9.17) is 0 Å². The zero-order valence-electron chi connectivity index (χ0n) is 10.8. The molecule has 18 heavy (non-hydrogen) atoms. The lowest BCUT2D eigenvalue weighted by Gasteiger charge is -2.21. The van der Waals surface area contributed by atoms with Crippen LogP contribution < -0.4 is 5.32 Å². The van der Waals surface area contributed by atoms with Crippen molar-refractivity contribution in [3.63, 3.8) is 0 Å². The molecule has 1 amide bonds. The molecule has 1 aliphatic heterocycles. The lowest BCUT2D eigenvalue weighted by Crippen LogP contribution is -2.39. The van der Waals surface area contributed by atoms with Gasteiger partial charge in [0.2, 0.25) is 5.91 Å². The van der Waals surface area contributed by atoms with Crippen LogP contribution in [-0.4, -0.2) is 30.4 Å². The number of benzene rings is 1. The molecule has 1 aliphatic rings. The second kappa shape index (κ2) is 5.48. The molecule has 0 aromatic heterocycles. The molecule has 1 saturated heterocycles. The van der Waals surface area contributed by atoms with Gasteiger partial charge in [-0.05, 0) is 30.5 Å². The van der Waals surface area contributed by atoms with E-state index in [0.29, 0.717) is 0 Å². The van der Waals surface area contributed by atoms with Crippen LogP contribution in [0.3, 0.4) is 0 Å². The maximum atomic E-state index is 12.9. The number of nitrogens with one attached hydrogen (secondary N) is 1. The normalized spacial score (nSPS) is 21.4. The average molecular weight is 250 g/mol. The first-order chi connectivity index (χ1) is 8.61. The molecule has 4 heteroatoms. The largest absolute Gasteiger partial charge is 0.344 e. The van der Waals surface area contributed by atoms with Gasteiger partial charge in [-0.3, -0.25) is 10.1 Å². The van der Waals surface area contributed by atoms with E-state index >= 15 is 0 Å². The predicted octanol–water partition coefficient (Wildman–Crippen LogP) is 2.10. The van der Waals surface area contributed by atoms with E-state index in [-0.39, 0.29) is 23.8 Å². The third-order valence-electron chi connectivity index (χ3n) is 3.51. The lowest BCUT2D eigenvalue weighted by molar-refractivity contribution is -0.128. The van der Waals surface area contributed by atoms with Gasteiger partial charge in [0.25, 0.3) is 0 Å². The smallest absolute Gasteiger partial charge is 0.239 e. The number of amides is 1. The van der Waals surface area contributed by atoms with Gasteiger partial charge in [0, 0.05) is 19.6 Å². The number of nitrogens with zero attached hydrogens (tertiary/aromatic N) is 1. The topological polar surface area (TPSA) is 32.3 Å². The summed E-state index contributed by atoms with van der Waals surface area (Å²) in [5, 5.41) is 3.37. The summed E-state index contributed by atoms with van der Waals surface area (Å²) < 4.78 is 12.9. The van der Waals surface area contributed by atoms with Crippen molar-refractivity contribution in [2.45, 2.75) is 31.8 Å². The monoisotopic (exact) mass is 250 g/mol. The van der Waals surface area contributed by atoms with Crippen molar-refractivity contribution in [1.82, 2.24) is 10.2 Å². The van der Waals surface area contributed by atoms with Gasteiger partial charge in [-0.25, -0.2) is 4.39 Å². The number of rotatable bonds is 4. The molecule has 0 radical (unpaired) electrons. The molecule has 98 valence electrons. The Hall–Kier alpha value is -1.42. The first kappa shape index (κ1) is 13.0. The minimum Gasteiger partial charge on any atom is -0.344 e. The van der Waals surface area contributed by atoms with Gasteiger partial charge in [0.15, 0.2) is 0 Å². The fraction of sp³-hybridized carbons (Fsp3) is 0.500. The summed E-state index contributed by atoms with van der Waals surface area (Å²) in [6.07, 6.45) is 1.71. The second-order valence-electron chi connectivity index (χ2n) is 4.78. The number of hydrogen-bond donors (Lipinski definition) is 1. The maximum absolute atomic E-state index is 12.9. The van der Waals surface area contributed by atoms with Gasteiger partial charge in [-0.15, -0.1) is 0 Å². The van der Waals surface area contributed by atoms with Crippen molar-refractivity contribution in [3.05, 3.63) is 35.6 Å². The lowest BCUT2D eigenvalue weighted by atomic mass is 10.0. The highest BCUT2D eigenvalue weighted by Gasteiger charge is 2.30. The predicted molar refractivity (Wildman–Crippen MR) is 68.6 cm³/mol. The summed E-state index contributed by atoms with van der Waals surface area (Å²) in [5.74, 6) is -0.0826. The fourth-order valence-corrected chi connectivity index (χ4v) is 2.36. The van der Waals surface area contributed by atoms with Crippen molar-refractivity contribution in [3.8, 4) is 0 Å². The van der Waals surface area contributed by atoms with Crippen molar-refractivity contribution in [1.29, 1.82) is 0 Å². The molecule has 2 rings (SSSR count). The van der Waals surface area contributed by atoms with E-state index in [1.807, 2.05) is 7.05 Å². The van der Waals surface area contributed by atoms with Crippen molar-refractivity contribution in [2.24, 2.45) is 0 Å². The van der Waals surface area contributed by atoms with Crippen LogP contribution in [-0.2, 0) is 4.79 Å². The van der Waals surface area contributed by atoms with Gasteiger partial charge >= 0.3 is 0 Å². The quantitative estimate of drug-likeness (QED) is 0.887. The number of halogens is 1. The highest BCUT2D eigenvalue weighted by Crippen LogP contribution is 2.20. The molecule has 1 fully saturated rings. The van der Waals surface area contributed by atoms with Crippen LogP contribution in [0.5, 0.6) is 0 Å². The molecule has 0 aliphatic carbocycles. The van der Waals surface area contributed by atoms with Gasteiger partial charge in [0.05, 0.1) is 6.04 Å². The SMILES string of the molecule is CCC(NC1CCN(C)C1=O)c1ccc(F)cc1. The Kier molecular flexibility index (Phi) is 3.97. The third kappa shape index (κ3) is 2.70. The molecule has 0 spiro atoms. The Morgan fingerprint density at radius 2 is 2.11 bits per heavy atom. The Morgan fingerprint density at radius 1 is 1.44 bits per heavy atom. The molecule has 3 nitrogen and oxygen atoms in total. The third-order valence-corrected chi connectivity index (χ3v) is 3.51. The Morgan fingerprint density at radius 3 is 2.61 bits per heavy atom. The molecule has 1 aromatic carbocycles. The van der Waals surface area contributed by atoms with E-state index < -0.39 is 0 Å². The van der Waals surface area contributed by atoms with Gasteiger partial charge < -0.3 is 4.90 Å². The molecule has 2 atom stereocenters. The maximum Gasteiger partial charge on any atom is 0.239 e. The summed E-state index contributed by atoms with van der Waals surface area (Å²) in [4.78, 5) is 13.6. The molecule has 1 aromatic rings. The molecule has 1 N–H and O–H groups in total. The second-order valence-corrected chi connectivity index (χ2v) is 4.78. The van der Waals surface area contributed by atoms with E-state index in [1.165, 1.54) is 12.1 Å². The standard InChI is InChI=1S/C14H19FN2O/c1-3-12(10-4-6-11(15)7-5-10)16-13-8-9-17(2)14(13)18/h4-7,12-13,16H,3,8-9H2,1-2H3. The van der Waals surface area contributed by atoms with Crippen LogP contribution in [0.25, 0.3) is 0 Å². The Balaban J connectivity index is 2.06. The molecule has 2 unspecified atom stereocenters. The zero-order valence-corrected chi connectivity index (χ0v) is 10.8. The van der Waals surface area contributed by atoms with Gasteiger partial charge in [-0.1, -0.05) is 19.1 Å². The molecular weight excluding hydrogens is 231 g/mol. The first-order valence-electron chi connectivity index (χ1n) is 6.38. The Labute approximate surface area is 107 Å². The van der Waals surface area contributed by atoms with Crippen molar-refractivity contribution < 1.29 is 9.18 Å². The van der Waals surface area contributed by atoms with Gasteiger partial charge in [0.1, 0.15) is 5.82 Å². The minimum atomic E-state index is -0.231. The van der Waals surface area contributed by atoms with E-state index in [0.717, 1.165) is 24.9 Å². The van der Waals surface area contributed by atoms with Crippen LogP contribution in [0.1, 0.15) is 31.4 Å². The molecule has 1 heterocycles. The van der Waals surface area contributed by atoms with Crippen molar-refractivity contribution >= 4 is 5.91 Å². The van der Waals surface area contributed by atoms with Crippen LogP contribution in [0.4, 0.5) is 4.39 Å². The van der Waals surface area contributed by atoms with Crippen LogP contribution in [0.2, 0.25) is 0 Å². The van der Waals surface area contributed by atoms with Crippen molar-refractivity contribution in [2.75, 3.05) is 13.6 Å². The summed E-state index contributed by atoms with van der Waals surface area (Å²) in [6.45, 7) is 2.86. The number of carbonyl (C=O) groups excluding carboxylic acids is 1. The Bertz CT molecular complexity index is 418. The van der Waals surface area contributed by atoms with E-state index in [1.54, 1.807) is 17.0 Å². The zero-order chi connectivity index (χ0) is 13.1.